The molecule has 6 heteroatoms. The Labute approximate surface area is 117 Å². The third-order valence-corrected chi connectivity index (χ3v) is 5.12. The quantitative estimate of drug-likeness (QED) is 0.622. The molecule has 1 aliphatic heterocycles. The third kappa shape index (κ3) is 3.61. The molecule has 19 heavy (non-hydrogen) atoms. The van der Waals surface area contributed by atoms with E-state index in [1.807, 2.05) is 6.92 Å². The summed E-state index contributed by atoms with van der Waals surface area (Å²) in [6.07, 6.45) is 1.24. The molecule has 0 spiro atoms. The Morgan fingerprint density at radius 2 is 1.89 bits per heavy atom. The van der Waals surface area contributed by atoms with E-state index in [0.29, 0.717) is 6.54 Å². The van der Waals surface area contributed by atoms with E-state index in [2.05, 4.69) is 42.9 Å². The molecule has 0 aromatic heterocycles. The lowest BCUT2D eigenvalue weighted by Gasteiger charge is -2.62. The SMILES string of the molecule is CCNC(=NCCS(C)(=O)=O)N1CC(C)(C)C1(C)C. The van der Waals surface area contributed by atoms with Gasteiger partial charge in [-0.1, -0.05) is 13.8 Å². The highest BCUT2D eigenvalue weighted by Gasteiger charge is 2.53. The van der Waals surface area contributed by atoms with Gasteiger partial charge in [-0.2, -0.15) is 0 Å². The summed E-state index contributed by atoms with van der Waals surface area (Å²) < 4.78 is 22.3. The van der Waals surface area contributed by atoms with Crippen LogP contribution in [-0.2, 0) is 9.84 Å². The maximum Gasteiger partial charge on any atom is 0.194 e. The first kappa shape index (κ1) is 16.3. The number of nitrogens with one attached hydrogen (secondary N) is 1. The fourth-order valence-corrected chi connectivity index (χ4v) is 2.54. The van der Waals surface area contributed by atoms with Crippen LogP contribution in [0.5, 0.6) is 0 Å². The fraction of sp³-hybridized carbons (Fsp3) is 0.923. The normalized spacial score (nSPS) is 22.0. The minimum atomic E-state index is -2.95. The molecule has 112 valence electrons. The van der Waals surface area contributed by atoms with Crippen molar-refractivity contribution < 1.29 is 8.42 Å². The maximum absolute atomic E-state index is 11.2. The minimum absolute atomic E-state index is 0.0269. The highest BCUT2D eigenvalue weighted by atomic mass is 32.2. The second-order valence-corrected chi connectivity index (χ2v) is 8.65. The highest BCUT2D eigenvalue weighted by molar-refractivity contribution is 7.90. The fourth-order valence-electron chi connectivity index (χ4n) is 2.11. The van der Waals surface area contributed by atoms with Crippen LogP contribution in [0.4, 0.5) is 0 Å². The van der Waals surface area contributed by atoms with E-state index >= 15 is 0 Å². The lowest BCUT2D eigenvalue weighted by molar-refractivity contribution is -0.0667. The van der Waals surface area contributed by atoms with Crippen LogP contribution in [0.1, 0.15) is 34.6 Å². The lowest BCUT2D eigenvalue weighted by Crippen LogP contribution is -2.72. The lowest BCUT2D eigenvalue weighted by atomic mass is 9.65. The number of nitrogens with zero attached hydrogens (tertiary/aromatic N) is 2. The van der Waals surface area contributed by atoms with E-state index in [-0.39, 0.29) is 16.7 Å². The molecule has 1 saturated heterocycles. The van der Waals surface area contributed by atoms with Crippen molar-refractivity contribution in [1.29, 1.82) is 0 Å². The van der Waals surface area contributed by atoms with Crippen molar-refractivity contribution in [3.8, 4) is 0 Å². The van der Waals surface area contributed by atoms with Gasteiger partial charge in [0.15, 0.2) is 5.96 Å². The number of sulfone groups is 1. The second-order valence-electron chi connectivity index (χ2n) is 6.39. The van der Waals surface area contributed by atoms with E-state index in [9.17, 15) is 8.42 Å². The predicted molar refractivity (Wildman–Crippen MR) is 80.3 cm³/mol. The van der Waals surface area contributed by atoms with Crippen molar-refractivity contribution in [2.75, 3.05) is 31.6 Å². The van der Waals surface area contributed by atoms with Gasteiger partial charge in [-0.3, -0.25) is 4.99 Å². The van der Waals surface area contributed by atoms with Crippen molar-refractivity contribution >= 4 is 15.8 Å². The Hall–Kier alpha value is -0.780. The Morgan fingerprint density at radius 1 is 1.32 bits per heavy atom. The van der Waals surface area contributed by atoms with Gasteiger partial charge in [-0.15, -0.1) is 0 Å². The molecule has 5 nitrogen and oxygen atoms in total. The predicted octanol–water partition coefficient (Wildman–Crippen LogP) is 1.12. The molecule has 0 aromatic carbocycles. The van der Waals surface area contributed by atoms with Crippen molar-refractivity contribution in [2.45, 2.75) is 40.2 Å². The van der Waals surface area contributed by atoms with Gasteiger partial charge in [-0.05, 0) is 20.8 Å². The zero-order chi connectivity index (χ0) is 14.9. The molecule has 0 saturated carbocycles. The molecule has 1 rings (SSSR count). The molecule has 0 atom stereocenters. The number of rotatable bonds is 4. The van der Waals surface area contributed by atoms with Crippen LogP contribution in [0.3, 0.4) is 0 Å². The van der Waals surface area contributed by atoms with E-state index in [4.69, 9.17) is 0 Å². The summed E-state index contributed by atoms with van der Waals surface area (Å²) in [7, 11) is -2.95. The van der Waals surface area contributed by atoms with Crippen molar-refractivity contribution in [3.63, 3.8) is 0 Å². The van der Waals surface area contributed by atoms with Crippen LogP contribution in [-0.4, -0.2) is 56.5 Å². The number of hydrogen-bond acceptors (Lipinski definition) is 3. The van der Waals surface area contributed by atoms with Crippen molar-refractivity contribution in [2.24, 2.45) is 10.4 Å². The van der Waals surface area contributed by atoms with Crippen LogP contribution in [0.2, 0.25) is 0 Å². The molecule has 0 aliphatic carbocycles. The Kier molecular flexibility index (Phi) is 4.55. The first-order valence-electron chi connectivity index (χ1n) is 6.75. The van der Waals surface area contributed by atoms with E-state index < -0.39 is 9.84 Å². The largest absolute Gasteiger partial charge is 0.356 e. The average molecular weight is 289 g/mol. The second kappa shape index (κ2) is 5.31. The van der Waals surface area contributed by atoms with Gasteiger partial charge in [0, 0.05) is 30.3 Å². The van der Waals surface area contributed by atoms with Crippen LogP contribution in [0, 0.1) is 5.41 Å². The minimum Gasteiger partial charge on any atom is -0.356 e. The van der Waals surface area contributed by atoms with Crippen LogP contribution in [0.25, 0.3) is 0 Å². The van der Waals surface area contributed by atoms with Crippen LogP contribution < -0.4 is 5.32 Å². The van der Waals surface area contributed by atoms with Gasteiger partial charge in [-0.25, -0.2) is 8.42 Å². The van der Waals surface area contributed by atoms with Gasteiger partial charge in [0.25, 0.3) is 0 Å². The first-order valence-corrected chi connectivity index (χ1v) is 8.81. The summed E-state index contributed by atoms with van der Waals surface area (Å²) in [6.45, 7) is 12.9. The van der Waals surface area contributed by atoms with Gasteiger partial charge >= 0.3 is 0 Å². The summed E-state index contributed by atoms with van der Waals surface area (Å²) in [4.78, 5) is 6.66. The highest BCUT2D eigenvalue weighted by Crippen LogP contribution is 2.46. The zero-order valence-corrected chi connectivity index (χ0v) is 13.8. The van der Waals surface area contributed by atoms with Crippen LogP contribution >= 0.6 is 0 Å². The summed E-state index contributed by atoms with van der Waals surface area (Å²) in [5.74, 6) is 0.912. The smallest absolute Gasteiger partial charge is 0.194 e. The maximum atomic E-state index is 11.2. The molecule has 0 bridgehead atoms. The Bertz CT molecular complexity index is 453. The molecular weight excluding hydrogens is 262 g/mol. The summed E-state index contributed by atoms with van der Waals surface area (Å²) in [5, 5.41) is 3.25. The number of hydrogen-bond donors (Lipinski definition) is 1. The van der Waals surface area contributed by atoms with Crippen LogP contribution in [0.15, 0.2) is 4.99 Å². The third-order valence-electron chi connectivity index (χ3n) is 4.20. The molecule has 0 amide bonds. The van der Waals surface area contributed by atoms with E-state index in [1.54, 1.807) is 0 Å². The Morgan fingerprint density at radius 3 is 2.26 bits per heavy atom. The molecule has 1 N–H and O–H groups in total. The number of likely N-dealkylation sites (tertiary alicyclic amines) is 1. The monoisotopic (exact) mass is 289 g/mol. The first-order chi connectivity index (χ1) is 8.51. The molecule has 0 unspecified atom stereocenters. The van der Waals surface area contributed by atoms with Gasteiger partial charge < -0.3 is 10.2 Å². The van der Waals surface area contributed by atoms with Gasteiger partial charge in [0.05, 0.1) is 12.3 Å². The molecule has 1 heterocycles. The number of aliphatic imine (C=N–C) groups is 1. The van der Waals surface area contributed by atoms with Crippen molar-refractivity contribution in [1.82, 2.24) is 10.2 Å². The molecule has 0 radical (unpaired) electrons. The summed E-state index contributed by atoms with van der Waals surface area (Å²) >= 11 is 0. The molecular formula is C13H27N3O2S. The standard InChI is InChI=1S/C13H27N3O2S/c1-7-14-11(15-8-9-19(6,17)18)16-10-12(2,3)13(16,4)5/h7-10H2,1-6H3,(H,14,15). The number of guanidine groups is 1. The van der Waals surface area contributed by atoms with E-state index in [1.165, 1.54) is 6.26 Å². The summed E-state index contributed by atoms with van der Waals surface area (Å²) in [6, 6.07) is 0. The van der Waals surface area contributed by atoms with Gasteiger partial charge in [0.2, 0.25) is 0 Å². The van der Waals surface area contributed by atoms with E-state index in [0.717, 1.165) is 19.0 Å². The topological polar surface area (TPSA) is 61.8 Å². The van der Waals surface area contributed by atoms with Gasteiger partial charge in [0.1, 0.15) is 9.84 Å². The Balaban J connectivity index is 2.77. The summed E-state index contributed by atoms with van der Waals surface area (Å²) in [5.41, 5.74) is 0.263. The zero-order valence-electron chi connectivity index (χ0n) is 12.9. The molecule has 1 aliphatic rings. The molecule has 0 aromatic rings. The van der Waals surface area contributed by atoms with Crippen molar-refractivity contribution in [3.05, 3.63) is 0 Å². The average Bonchev–Trinajstić information content (AvgIpc) is 2.23. The molecule has 1 fully saturated rings.